The predicted octanol–water partition coefficient (Wildman–Crippen LogP) is 2.70. The molecular weight excluding hydrogens is 363 g/mol. The van der Waals surface area contributed by atoms with Gasteiger partial charge in [0.25, 0.3) is 11.8 Å². The number of carbonyl (C=O) groups is 2. The number of amides is 2. The minimum absolute atomic E-state index is 0.0518. The number of carbonyl (C=O) groups excluding carboxylic acids is 2. The smallest absolute Gasteiger partial charge is 0.282 e. The summed E-state index contributed by atoms with van der Waals surface area (Å²) in [6.45, 7) is 2.32. The highest BCUT2D eigenvalue weighted by molar-refractivity contribution is 6.31. The molecule has 0 radical (unpaired) electrons. The highest BCUT2D eigenvalue weighted by atomic mass is 19.1. The van der Waals surface area contributed by atoms with Crippen molar-refractivity contribution in [3.63, 3.8) is 0 Å². The molecule has 3 rings (SSSR count). The van der Waals surface area contributed by atoms with Crippen LogP contribution < -0.4 is 19.9 Å². The predicted molar refractivity (Wildman–Crippen MR) is 102 cm³/mol. The molecule has 1 aliphatic rings. The largest absolute Gasteiger partial charge is 0.490 e. The highest BCUT2D eigenvalue weighted by Crippen LogP contribution is 2.30. The van der Waals surface area contributed by atoms with Crippen molar-refractivity contribution in [2.75, 3.05) is 18.2 Å². The lowest BCUT2D eigenvalue weighted by atomic mass is 10.1. The molecule has 0 aliphatic carbocycles. The van der Waals surface area contributed by atoms with E-state index >= 15 is 0 Å². The Hall–Kier alpha value is -3.79. The number of nitrogens with one attached hydrogen (secondary N) is 1. The second-order valence-corrected chi connectivity index (χ2v) is 5.75. The summed E-state index contributed by atoms with van der Waals surface area (Å²) in [6.07, 6.45) is 6.66. The molecule has 2 amide bonds. The molecule has 1 heterocycles. The molecule has 2 aromatic rings. The van der Waals surface area contributed by atoms with Gasteiger partial charge in [-0.1, -0.05) is 12.0 Å². The van der Waals surface area contributed by atoms with Crippen LogP contribution in [0.1, 0.15) is 12.5 Å². The zero-order valence-electron chi connectivity index (χ0n) is 15.1. The fraction of sp³-hybridized carbons (Fsp3) is 0.143. The van der Waals surface area contributed by atoms with Crippen molar-refractivity contribution in [2.24, 2.45) is 0 Å². The van der Waals surface area contributed by atoms with Gasteiger partial charge in [0.15, 0.2) is 11.5 Å². The van der Waals surface area contributed by atoms with Crippen LogP contribution in [0.3, 0.4) is 0 Å². The minimum atomic E-state index is -0.556. The molecule has 142 valence electrons. The van der Waals surface area contributed by atoms with Crippen molar-refractivity contribution >= 4 is 23.6 Å². The lowest BCUT2D eigenvalue weighted by Gasteiger charge is -2.14. The van der Waals surface area contributed by atoms with Gasteiger partial charge in [0.1, 0.15) is 18.0 Å². The van der Waals surface area contributed by atoms with E-state index in [1.165, 1.54) is 30.3 Å². The molecule has 0 spiro atoms. The summed E-state index contributed by atoms with van der Waals surface area (Å²) >= 11 is 0. The van der Waals surface area contributed by atoms with Crippen molar-refractivity contribution in [3.8, 4) is 23.8 Å². The summed E-state index contributed by atoms with van der Waals surface area (Å²) in [5.74, 6) is 1.77. The highest BCUT2D eigenvalue weighted by Gasteiger charge is 2.34. The molecule has 7 heteroatoms. The van der Waals surface area contributed by atoms with Crippen LogP contribution in [0.25, 0.3) is 6.08 Å². The number of hydrazine groups is 1. The third-order valence-corrected chi connectivity index (χ3v) is 3.87. The number of ether oxygens (including phenoxy) is 2. The summed E-state index contributed by atoms with van der Waals surface area (Å²) in [6, 6.07) is 10.2. The van der Waals surface area contributed by atoms with E-state index in [0.717, 1.165) is 5.01 Å². The molecule has 1 saturated heterocycles. The first-order valence-electron chi connectivity index (χ1n) is 8.49. The second-order valence-electron chi connectivity index (χ2n) is 5.75. The summed E-state index contributed by atoms with van der Waals surface area (Å²) in [4.78, 5) is 24.9. The van der Waals surface area contributed by atoms with Crippen LogP contribution in [0.2, 0.25) is 0 Å². The van der Waals surface area contributed by atoms with Crippen molar-refractivity contribution in [2.45, 2.75) is 6.92 Å². The average molecular weight is 380 g/mol. The van der Waals surface area contributed by atoms with E-state index in [4.69, 9.17) is 15.9 Å². The van der Waals surface area contributed by atoms with E-state index in [1.807, 2.05) is 6.92 Å². The molecule has 1 fully saturated rings. The fourth-order valence-electron chi connectivity index (χ4n) is 2.62. The van der Waals surface area contributed by atoms with E-state index < -0.39 is 17.6 Å². The zero-order valence-corrected chi connectivity index (χ0v) is 15.1. The molecule has 6 nitrogen and oxygen atoms in total. The topological polar surface area (TPSA) is 67.9 Å². The summed E-state index contributed by atoms with van der Waals surface area (Å²) in [5, 5.41) is 1.07. The number of hydrogen-bond acceptors (Lipinski definition) is 4. The molecule has 0 bridgehead atoms. The van der Waals surface area contributed by atoms with Gasteiger partial charge in [-0.3, -0.25) is 15.0 Å². The Labute approximate surface area is 161 Å². The van der Waals surface area contributed by atoms with Gasteiger partial charge in [-0.2, -0.15) is 0 Å². The lowest BCUT2D eigenvalue weighted by Crippen LogP contribution is -2.35. The number of terminal acetylenes is 1. The second kappa shape index (κ2) is 8.27. The summed E-state index contributed by atoms with van der Waals surface area (Å²) in [5.41, 5.74) is 3.35. The normalized spacial score (nSPS) is 14.8. The van der Waals surface area contributed by atoms with Crippen LogP contribution >= 0.6 is 0 Å². The Morgan fingerprint density at radius 3 is 2.57 bits per heavy atom. The van der Waals surface area contributed by atoms with Crippen LogP contribution in [-0.4, -0.2) is 25.0 Å². The maximum atomic E-state index is 13.1. The monoisotopic (exact) mass is 380 g/mol. The van der Waals surface area contributed by atoms with Crippen molar-refractivity contribution in [1.82, 2.24) is 5.43 Å². The third-order valence-electron chi connectivity index (χ3n) is 3.87. The average Bonchev–Trinajstić information content (AvgIpc) is 2.96. The Morgan fingerprint density at radius 1 is 1.14 bits per heavy atom. The van der Waals surface area contributed by atoms with Gasteiger partial charge in [0.05, 0.1) is 12.3 Å². The van der Waals surface area contributed by atoms with Crippen LogP contribution in [0.5, 0.6) is 11.5 Å². The first kappa shape index (κ1) is 19.0. The van der Waals surface area contributed by atoms with Crippen LogP contribution in [0, 0.1) is 18.2 Å². The number of halogens is 1. The maximum absolute atomic E-state index is 13.1. The van der Waals surface area contributed by atoms with Gasteiger partial charge in [0.2, 0.25) is 0 Å². The Kier molecular flexibility index (Phi) is 5.61. The number of anilines is 1. The van der Waals surface area contributed by atoms with Crippen molar-refractivity contribution < 1.29 is 23.5 Å². The third kappa shape index (κ3) is 3.96. The molecule has 0 unspecified atom stereocenters. The molecule has 0 atom stereocenters. The number of hydrogen-bond donors (Lipinski definition) is 1. The van der Waals surface area contributed by atoms with Gasteiger partial charge in [-0.15, -0.1) is 6.42 Å². The van der Waals surface area contributed by atoms with Gasteiger partial charge >= 0.3 is 0 Å². The lowest BCUT2D eigenvalue weighted by molar-refractivity contribution is -0.117. The summed E-state index contributed by atoms with van der Waals surface area (Å²) < 4.78 is 24.1. The van der Waals surface area contributed by atoms with Gasteiger partial charge in [-0.05, 0) is 55.0 Å². The molecule has 1 aliphatic heterocycles. The van der Waals surface area contributed by atoms with Crippen LogP contribution in [0.15, 0.2) is 48.0 Å². The SMILES string of the molecule is C#CCOc1ccc(C=C2C(=O)NN(c3ccc(F)cc3)C2=O)cc1OCC. The van der Waals surface area contributed by atoms with Gasteiger partial charge < -0.3 is 9.47 Å². The van der Waals surface area contributed by atoms with Crippen LogP contribution in [-0.2, 0) is 9.59 Å². The maximum Gasteiger partial charge on any atom is 0.282 e. The molecule has 1 N–H and O–H groups in total. The first-order chi connectivity index (χ1) is 13.5. The van der Waals surface area contributed by atoms with E-state index in [0.29, 0.717) is 29.4 Å². The van der Waals surface area contributed by atoms with E-state index in [1.54, 1.807) is 18.2 Å². The van der Waals surface area contributed by atoms with Crippen molar-refractivity contribution in [1.29, 1.82) is 0 Å². The molecule has 0 saturated carbocycles. The number of benzene rings is 2. The quantitative estimate of drug-likeness (QED) is 0.475. The van der Waals surface area contributed by atoms with E-state index in [2.05, 4.69) is 11.3 Å². The van der Waals surface area contributed by atoms with Gasteiger partial charge in [-0.25, -0.2) is 9.40 Å². The molecule has 28 heavy (non-hydrogen) atoms. The van der Waals surface area contributed by atoms with Crippen molar-refractivity contribution in [3.05, 3.63) is 59.4 Å². The van der Waals surface area contributed by atoms with E-state index in [9.17, 15) is 14.0 Å². The molecule has 0 aromatic heterocycles. The number of nitrogens with zero attached hydrogens (tertiary/aromatic N) is 1. The zero-order chi connectivity index (χ0) is 20.1. The fourth-order valence-corrected chi connectivity index (χ4v) is 2.62. The van der Waals surface area contributed by atoms with Gasteiger partial charge in [0, 0.05) is 0 Å². The Bertz CT molecular complexity index is 977. The standard InChI is InChI=1S/C21H17FN2O4/c1-3-11-28-18-10-5-14(13-19(18)27-4-2)12-17-20(25)23-24(21(17)26)16-8-6-15(22)7-9-16/h1,5-10,12-13H,4,11H2,2H3,(H,23,25). The molecule has 2 aromatic carbocycles. The molecular formula is C21H17FN2O4. The Morgan fingerprint density at radius 2 is 1.89 bits per heavy atom. The Balaban J connectivity index is 1.89. The minimum Gasteiger partial charge on any atom is -0.490 e. The summed E-state index contributed by atoms with van der Waals surface area (Å²) in [7, 11) is 0. The first-order valence-corrected chi connectivity index (χ1v) is 8.49. The number of rotatable bonds is 6. The van der Waals surface area contributed by atoms with E-state index in [-0.39, 0.29) is 12.2 Å². The van der Waals surface area contributed by atoms with Crippen LogP contribution in [0.4, 0.5) is 10.1 Å².